The Balaban J connectivity index is 1.45. The van der Waals surface area contributed by atoms with Crippen LogP contribution in [0.3, 0.4) is 0 Å². The molecule has 0 spiro atoms. The van der Waals surface area contributed by atoms with E-state index >= 15 is 0 Å². The molecular weight excluding hydrogens is 504 g/mol. The van der Waals surface area contributed by atoms with Crippen molar-refractivity contribution in [2.45, 2.75) is 63.4 Å². The SMILES string of the molecule is CCCc1ccc(C(F)(F)Oc2ccc(C3CCC(c4cc(F)c(F)c(F)c4)CC3)c(F)c2)c(F)c1F. The maximum absolute atomic E-state index is 14.9. The van der Waals surface area contributed by atoms with Crippen LogP contribution >= 0.6 is 0 Å². The summed E-state index contributed by atoms with van der Waals surface area (Å²) in [5, 5.41) is 0. The molecule has 0 unspecified atom stereocenters. The van der Waals surface area contributed by atoms with Gasteiger partial charge in [0.2, 0.25) is 0 Å². The van der Waals surface area contributed by atoms with E-state index in [1.165, 1.54) is 6.07 Å². The van der Waals surface area contributed by atoms with Gasteiger partial charge in [-0.2, -0.15) is 8.78 Å². The van der Waals surface area contributed by atoms with E-state index in [0.717, 1.165) is 36.4 Å². The molecule has 1 saturated carbocycles. The van der Waals surface area contributed by atoms with Crippen LogP contribution in [0, 0.1) is 34.9 Å². The van der Waals surface area contributed by atoms with Gasteiger partial charge >= 0.3 is 6.11 Å². The highest BCUT2D eigenvalue weighted by Crippen LogP contribution is 2.43. The minimum atomic E-state index is -4.25. The van der Waals surface area contributed by atoms with Crippen LogP contribution in [0.5, 0.6) is 5.75 Å². The molecule has 1 nitrogen and oxygen atoms in total. The molecule has 0 saturated heterocycles. The van der Waals surface area contributed by atoms with Gasteiger partial charge in [0, 0.05) is 6.07 Å². The van der Waals surface area contributed by atoms with Gasteiger partial charge in [-0.1, -0.05) is 25.5 Å². The molecule has 0 aliphatic heterocycles. The highest BCUT2D eigenvalue weighted by molar-refractivity contribution is 5.34. The smallest absolute Gasteiger partial charge is 0.429 e. The van der Waals surface area contributed by atoms with E-state index in [2.05, 4.69) is 4.74 Å². The van der Waals surface area contributed by atoms with Crippen LogP contribution in [0.4, 0.5) is 35.1 Å². The first-order chi connectivity index (χ1) is 17.5. The number of benzene rings is 3. The number of halogens is 8. The zero-order valence-corrected chi connectivity index (χ0v) is 19.9. The first-order valence-corrected chi connectivity index (χ1v) is 12.0. The van der Waals surface area contributed by atoms with Crippen molar-refractivity contribution in [3.8, 4) is 5.75 Å². The number of alkyl halides is 2. The highest BCUT2D eigenvalue weighted by atomic mass is 19.3. The molecule has 0 bridgehead atoms. The molecule has 3 aromatic rings. The summed E-state index contributed by atoms with van der Waals surface area (Å²) in [6, 6.07) is 6.94. The molecule has 9 heteroatoms. The van der Waals surface area contributed by atoms with E-state index in [-0.39, 0.29) is 29.4 Å². The number of ether oxygens (including phenoxy) is 1. The van der Waals surface area contributed by atoms with Crippen molar-refractivity contribution in [2.75, 3.05) is 0 Å². The molecule has 0 aromatic heterocycles. The predicted octanol–water partition coefficient (Wildman–Crippen LogP) is 9.04. The third-order valence-electron chi connectivity index (χ3n) is 6.86. The molecule has 0 N–H and O–H groups in total. The maximum Gasteiger partial charge on any atom is 0.429 e. The van der Waals surface area contributed by atoms with Crippen molar-refractivity contribution in [1.29, 1.82) is 0 Å². The van der Waals surface area contributed by atoms with Crippen LogP contribution in [-0.4, -0.2) is 0 Å². The van der Waals surface area contributed by atoms with Crippen molar-refractivity contribution in [2.24, 2.45) is 0 Å². The van der Waals surface area contributed by atoms with Crippen LogP contribution in [0.25, 0.3) is 0 Å². The van der Waals surface area contributed by atoms with E-state index in [4.69, 9.17) is 0 Å². The molecule has 0 atom stereocenters. The summed E-state index contributed by atoms with van der Waals surface area (Å²) in [6.45, 7) is 1.74. The quantitative estimate of drug-likeness (QED) is 0.220. The monoisotopic (exact) mass is 528 g/mol. The fraction of sp³-hybridized carbons (Fsp3) is 0.357. The lowest BCUT2D eigenvalue weighted by Crippen LogP contribution is -2.24. The Kier molecular flexibility index (Phi) is 7.80. The van der Waals surface area contributed by atoms with Gasteiger partial charge in [0.05, 0.1) is 0 Å². The van der Waals surface area contributed by atoms with Crippen molar-refractivity contribution in [3.63, 3.8) is 0 Å². The van der Waals surface area contributed by atoms with Crippen LogP contribution in [0.15, 0.2) is 42.5 Å². The minimum Gasteiger partial charge on any atom is -0.429 e. The van der Waals surface area contributed by atoms with Gasteiger partial charge in [-0.25, -0.2) is 26.3 Å². The van der Waals surface area contributed by atoms with Gasteiger partial charge in [0.1, 0.15) is 17.1 Å². The van der Waals surface area contributed by atoms with Crippen LogP contribution < -0.4 is 4.74 Å². The maximum atomic E-state index is 14.9. The fourth-order valence-electron chi connectivity index (χ4n) is 4.93. The van der Waals surface area contributed by atoms with E-state index < -0.39 is 52.3 Å². The molecule has 4 rings (SSSR count). The Bertz CT molecular complexity index is 1260. The lowest BCUT2D eigenvalue weighted by atomic mass is 9.76. The molecule has 0 radical (unpaired) electrons. The molecule has 0 heterocycles. The highest BCUT2D eigenvalue weighted by Gasteiger charge is 2.39. The summed E-state index contributed by atoms with van der Waals surface area (Å²) < 4.78 is 118. The van der Waals surface area contributed by atoms with Crippen molar-refractivity contribution in [3.05, 3.63) is 99.6 Å². The standard InChI is InChI=1S/C28H24F8O/c1-2-3-17-8-11-21(26(33)25(17)32)28(35,36)37-19-9-10-20(22(29)14-19)16-6-4-15(5-7-16)18-12-23(30)27(34)24(31)13-18/h8-16H,2-7H2,1H3. The summed E-state index contributed by atoms with van der Waals surface area (Å²) in [4.78, 5) is 0. The second-order valence-corrected chi connectivity index (χ2v) is 9.30. The molecule has 1 aliphatic rings. The summed E-state index contributed by atoms with van der Waals surface area (Å²) in [5.41, 5.74) is -0.736. The van der Waals surface area contributed by atoms with E-state index in [9.17, 15) is 35.1 Å². The van der Waals surface area contributed by atoms with Crippen LogP contribution in [0.1, 0.15) is 73.1 Å². The second kappa shape index (κ2) is 10.7. The largest absolute Gasteiger partial charge is 0.429 e. The third kappa shape index (κ3) is 5.60. The van der Waals surface area contributed by atoms with Gasteiger partial charge < -0.3 is 4.74 Å². The minimum absolute atomic E-state index is 0.0284. The summed E-state index contributed by atoms with van der Waals surface area (Å²) in [5.74, 6) is -9.03. The average molecular weight is 528 g/mol. The topological polar surface area (TPSA) is 9.23 Å². The number of aryl methyl sites for hydroxylation is 1. The molecule has 0 amide bonds. The first-order valence-electron chi connectivity index (χ1n) is 12.0. The number of rotatable bonds is 7. The van der Waals surface area contributed by atoms with Gasteiger partial charge in [0.25, 0.3) is 0 Å². The lowest BCUT2D eigenvalue weighted by Gasteiger charge is -2.29. The fourth-order valence-corrected chi connectivity index (χ4v) is 4.93. The van der Waals surface area contributed by atoms with Gasteiger partial charge in [-0.15, -0.1) is 0 Å². The van der Waals surface area contributed by atoms with Crippen molar-refractivity contribution in [1.82, 2.24) is 0 Å². The Labute approximate surface area is 209 Å². The Morgan fingerprint density at radius 1 is 0.730 bits per heavy atom. The van der Waals surface area contributed by atoms with E-state index in [1.54, 1.807) is 6.92 Å². The molecule has 37 heavy (non-hydrogen) atoms. The summed E-state index contributed by atoms with van der Waals surface area (Å²) in [6.07, 6.45) is -1.74. The number of hydrogen-bond acceptors (Lipinski definition) is 1. The Hall–Kier alpha value is -3.10. The zero-order chi connectivity index (χ0) is 26.9. The van der Waals surface area contributed by atoms with Crippen LogP contribution in [-0.2, 0) is 12.5 Å². The molecule has 1 aliphatic carbocycles. The molecule has 198 valence electrons. The molecular formula is C28H24F8O. The van der Waals surface area contributed by atoms with Gasteiger partial charge in [-0.05, 0) is 84.9 Å². The average Bonchev–Trinajstić information content (AvgIpc) is 2.85. The third-order valence-corrected chi connectivity index (χ3v) is 6.86. The van der Waals surface area contributed by atoms with Crippen molar-refractivity contribution >= 4 is 0 Å². The Morgan fingerprint density at radius 3 is 1.95 bits per heavy atom. The lowest BCUT2D eigenvalue weighted by molar-refractivity contribution is -0.187. The zero-order valence-electron chi connectivity index (χ0n) is 19.9. The Morgan fingerprint density at radius 2 is 1.35 bits per heavy atom. The normalized spacial score (nSPS) is 18.2. The predicted molar refractivity (Wildman–Crippen MR) is 122 cm³/mol. The number of hydrogen-bond donors (Lipinski definition) is 0. The summed E-state index contributed by atoms with van der Waals surface area (Å²) in [7, 11) is 0. The van der Waals surface area contributed by atoms with E-state index in [0.29, 0.717) is 37.7 Å². The molecule has 3 aromatic carbocycles. The first kappa shape index (κ1) is 26.9. The van der Waals surface area contributed by atoms with E-state index in [1.807, 2.05) is 0 Å². The van der Waals surface area contributed by atoms with Gasteiger partial charge in [-0.3, -0.25) is 0 Å². The van der Waals surface area contributed by atoms with Gasteiger partial charge in [0.15, 0.2) is 29.1 Å². The van der Waals surface area contributed by atoms with Crippen LogP contribution in [0.2, 0.25) is 0 Å². The van der Waals surface area contributed by atoms with Crippen molar-refractivity contribution < 1.29 is 39.9 Å². The summed E-state index contributed by atoms with van der Waals surface area (Å²) >= 11 is 0. The molecule has 1 fully saturated rings. The second-order valence-electron chi connectivity index (χ2n) is 9.30.